The minimum absolute atomic E-state index is 0.0728. The van der Waals surface area contributed by atoms with Crippen molar-refractivity contribution in [2.75, 3.05) is 0 Å². The van der Waals surface area contributed by atoms with Crippen molar-refractivity contribution in [3.63, 3.8) is 0 Å². The molecule has 1 fully saturated rings. The second-order valence-corrected chi connectivity index (χ2v) is 5.58. The van der Waals surface area contributed by atoms with Gasteiger partial charge in [0.2, 0.25) is 0 Å². The molecule has 4 atom stereocenters. The summed E-state index contributed by atoms with van der Waals surface area (Å²) in [5.41, 5.74) is 0.357. The van der Waals surface area contributed by atoms with Crippen molar-refractivity contribution in [2.24, 2.45) is 17.8 Å². The number of nitrogens with one attached hydrogen (secondary N) is 1. The third kappa shape index (κ3) is 2.22. The Kier molecular flexibility index (Phi) is 3.60. The van der Waals surface area contributed by atoms with Crippen LogP contribution in [0, 0.1) is 17.8 Å². The summed E-state index contributed by atoms with van der Waals surface area (Å²) in [6.45, 7) is 8.28. The van der Waals surface area contributed by atoms with Crippen molar-refractivity contribution in [1.29, 1.82) is 0 Å². The number of hydrogen-bond donors (Lipinski definition) is 2. The zero-order valence-electron chi connectivity index (χ0n) is 11.0. The summed E-state index contributed by atoms with van der Waals surface area (Å²) in [6, 6.07) is 1.56. The van der Waals surface area contributed by atoms with Gasteiger partial charge >= 0.3 is 0 Å². The third-order valence-electron chi connectivity index (χ3n) is 4.14. The van der Waals surface area contributed by atoms with E-state index in [1.807, 2.05) is 6.08 Å². The number of aromatic hydroxyl groups is 1. The summed E-state index contributed by atoms with van der Waals surface area (Å²) < 4.78 is 0. The van der Waals surface area contributed by atoms with Crippen LogP contribution < -0.4 is 5.56 Å². The molecule has 1 aromatic rings. The van der Waals surface area contributed by atoms with Gasteiger partial charge in [-0.15, -0.1) is 6.58 Å². The molecule has 0 spiro atoms. The molecule has 0 aliphatic heterocycles. The Morgan fingerprint density at radius 3 is 2.78 bits per heavy atom. The van der Waals surface area contributed by atoms with Crippen LogP contribution in [0.25, 0.3) is 0 Å². The molecule has 0 amide bonds. The van der Waals surface area contributed by atoms with Gasteiger partial charge in [0.1, 0.15) is 5.75 Å². The van der Waals surface area contributed by atoms with Crippen LogP contribution >= 0.6 is 0 Å². The van der Waals surface area contributed by atoms with E-state index in [4.69, 9.17) is 0 Å². The van der Waals surface area contributed by atoms with E-state index in [2.05, 4.69) is 25.4 Å². The molecule has 3 heteroatoms. The molecule has 2 rings (SSSR count). The summed E-state index contributed by atoms with van der Waals surface area (Å²) in [4.78, 5) is 14.6. The summed E-state index contributed by atoms with van der Waals surface area (Å²) in [6.07, 6.45) is 5.54. The van der Waals surface area contributed by atoms with Crippen LogP contribution in [0.15, 0.2) is 29.7 Å². The maximum atomic E-state index is 12.0. The van der Waals surface area contributed by atoms with Crippen molar-refractivity contribution in [1.82, 2.24) is 4.98 Å². The van der Waals surface area contributed by atoms with Gasteiger partial charge in [-0.3, -0.25) is 4.79 Å². The lowest BCUT2D eigenvalue weighted by atomic mass is 9.66. The molecule has 98 valence electrons. The zero-order chi connectivity index (χ0) is 13.3. The molecule has 0 radical (unpaired) electrons. The first-order valence-corrected chi connectivity index (χ1v) is 6.57. The fourth-order valence-corrected chi connectivity index (χ4v) is 3.45. The first-order valence-electron chi connectivity index (χ1n) is 6.57. The van der Waals surface area contributed by atoms with Crippen molar-refractivity contribution in [2.45, 2.75) is 32.6 Å². The van der Waals surface area contributed by atoms with Gasteiger partial charge in [-0.25, -0.2) is 0 Å². The Morgan fingerprint density at radius 2 is 2.17 bits per heavy atom. The number of aromatic nitrogens is 1. The van der Waals surface area contributed by atoms with Gasteiger partial charge in [0.05, 0.1) is 5.56 Å². The summed E-state index contributed by atoms with van der Waals surface area (Å²) in [7, 11) is 0. The van der Waals surface area contributed by atoms with Crippen molar-refractivity contribution in [3.05, 3.63) is 40.8 Å². The topological polar surface area (TPSA) is 53.1 Å². The molecule has 0 saturated heterocycles. The highest BCUT2D eigenvalue weighted by Crippen LogP contribution is 2.45. The lowest BCUT2D eigenvalue weighted by Gasteiger charge is -2.38. The Labute approximate surface area is 108 Å². The lowest BCUT2D eigenvalue weighted by Crippen LogP contribution is -2.31. The maximum absolute atomic E-state index is 12.0. The van der Waals surface area contributed by atoms with E-state index in [9.17, 15) is 9.90 Å². The second kappa shape index (κ2) is 5.01. The molecular formula is C15H21NO2. The van der Waals surface area contributed by atoms with Gasteiger partial charge < -0.3 is 10.1 Å². The zero-order valence-corrected chi connectivity index (χ0v) is 11.0. The van der Waals surface area contributed by atoms with Gasteiger partial charge in [-0.2, -0.15) is 0 Å². The van der Waals surface area contributed by atoms with Crippen LogP contribution in [0.1, 0.15) is 38.2 Å². The molecule has 1 aliphatic carbocycles. The highest BCUT2D eigenvalue weighted by molar-refractivity contribution is 5.34. The van der Waals surface area contributed by atoms with Crippen LogP contribution in [-0.4, -0.2) is 10.1 Å². The molecule has 1 unspecified atom stereocenters. The number of rotatable bonds is 2. The Bertz CT molecular complexity index is 492. The fraction of sp³-hybridized carbons (Fsp3) is 0.533. The van der Waals surface area contributed by atoms with Gasteiger partial charge in [-0.05, 0) is 36.7 Å². The summed E-state index contributed by atoms with van der Waals surface area (Å²) >= 11 is 0. The number of H-pyrrole nitrogens is 1. The standard InChI is InChI=1S/C15H21NO2/c1-4-11-8-9(2)7-10(3)13(11)14-12(17)5-6-16-15(14)18/h4-6,9-11,13H,1,7-8H2,2-3H3,(H2,16,17,18)/t9-,10+,11-,13?/m1/s1. The van der Waals surface area contributed by atoms with Crippen LogP contribution in [0.5, 0.6) is 5.75 Å². The predicted molar refractivity (Wildman–Crippen MR) is 72.7 cm³/mol. The molecule has 0 bridgehead atoms. The van der Waals surface area contributed by atoms with Crippen LogP contribution in [0.3, 0.4) is 0 Å². The number of hydrogen-bond acceptors (Lipinski definition) is 2. The van der Waals surface area contributed by atoms with E-state index >= 15 is 0 Å². The summed E-state index contributed by atoms with van der Waals surface area (Å²) in [5.74, 6) is 1.47. The number of allylic oxidation sites excluding steroid dienone is 1. The number of aromatic amines is 1. The lowest BCUT2D eigenvalue weighted by molar-refractivity contribution is 0.207. The Balaban J connectivity index is 2.47. The smallest absolute Gasteiger partial charge is 0.255 e. The quantitative estimate of drug-likeness (QED) is 0.789. The normalized spacial score (nSPS) is 32.1. The third-order valence-corrected chi connectivity index (χ3v) is 4.14. The highest BCUT2D eigenvalue weighted by atomic mass is 16.3. The first kappa shape index (κ1) is 12.9. The van der Waals surface area contributed by atoms with Crippen LogP contribution in [0.4, 0.5) is 0 Å². The minimum Gasteiger partial charge on any atom is -0.507 e. The van der Waals surface area contributed by atoms with Gasteiger partial charge in [0.25, 0.3) is 5.56 Å². The van der Waals surface area contributed by atoms with E-state index in [0.717, 1.165) is 12.8 Å². The Hall–Kier alpha value is -1.51. The first-order chi connectivity index (χ1) is 8.54. The van der Waals surface area contributed by atoms with E-state index < -0.39 is 0 Å². The highest BCUT2D eigenvalue weighted by Gasteiger charge is 2.36. The summed E-state index contributed by atoms with van der Waals surface area (Å²) in [5, 5.41) is 9.99. The molecule has 1 saturated carbocycles. The molecule has 18 heavy (non-hydrogen) atoms. The van der Waals surface area contributed by atoms with Crippen LogP contribution in [0.2, 0.25) is 0 Å². The number of pyridine rings is 1. The molecule has 2 N–H and O–H groups in total. The van der Waals surface area contributed by atoms with Gasteiger partial charge in [0.15, 0.2) is 0 Å². The largest absolute Gasteiger partial charge is 0.507 e. The van der Waals surface area contributed by atoms with Gasteiger partial charge in [0, 0.05) is 12.1 Å². The van der Waals surface area contributed by atoms with E-state index in [1.54, 1.807) is 6.07 Å². The average Bonchev–Trinajstić information content (AvgIpc) is 2.30. The molecular weight excluding hydrogens is 226 g/mol. The second-order valence-electron chi connectivity index (χ2n) is 5.58. The van der Waals surface area contributed by atoms with E-state index in [0.29, 0.717) is 17.4 Å². The molecule has 1 aromatic heterocycles. The van der Waals surface area contributed by atoms with Crippen molar-refractivity contribution in [3.8, 4) is 5.75 Å². The monoisotopic (exact) mass is 247 g/mol. The van der Waals surface area contributed by atoms with Crippen molar-refractivity contribution >= 4 is 0 Å². The van der Waals surface area contributed by atoms with Gasteiger partial charge in [-0.1, -0.05) is 19.9 Å². The van der Waals surface area contributed by atoms with E-state index in [-0.39, 0.29) is 23.1 Å². The minimum atomic E-state index is -0.173. The maximum Gasteiger partial charge on any atom is 0.255 e. The van der Waals surface area contributed by atoms with Crippen molar-refractivity contribution < 1.29 is 5.11 Å². The van der Waals surface area contributed by atoms with Crippen LogP contribution in [-0.2, 0) is 0 Å². The average molecular weight is 247 g/mol. The SMILES string of the molecule is C=C[C@@H]1C[C@H](C)C[C@H](C)C1c1c(O)cc[nH]c1=O. The fourth-order valence-electron chi connectivity index (χ4n) is 3.45. The predicted octanol–water partition coefficient (Wildman–Crippen LogP) is 3.03. The Morgan fingerprint density at radius 1 is 1.44 bits per heavy atom. The molecule has 1 heterocycles. The molecule has 3 nitrogen and oxygen atoms in total. The van der Waals surface area contributed by atoms with E-state index in [1.165, 1.54) is 6.20 Å². The molecule has 1 aliphatic rings. The molecule has 0 aromatic carbocycles.